The topological polar surface area (TPSA) is 23.5 Å². The van der Waals surface area contributed by atoms with E-state index in [0.717, 1.165) is 18.4 Å². The van der Waals surface area contributed by atoms with Crippen molar-refractivity contribution >= 4 is 0 Å². The average molecular weight is 255 g/mol. The molecular weight excluding hydrogens is 222 g/mol. The molecule has 0 aromatic carbocycles. The molecule has 2 nitrogen and oxygen atoms in total. The first-order valence-corrected chi connectivity index (χ1v) is 7.89. The van der Waals surface area contributed by atoms with E-state index in [1.807, 2.05) is 0 Å². The van der Waals surface area contributed by atoms with Gasteiger partial charge < -0.3 is 5.11 Å². The number of hydrogen-bond donors (Lipinski definition) is 1. The van der Waals surface area contributed by atoms with Gasteiger partial charge in [-0.15, -0.1) is 0 Å². The summed E-state index contributed by atoms with van der Waals surface area (Å²) in [5, 5.41) is 10.2. The second-order valence-corrected chi connectivity index (χ2v) is 6.78. The lowest BCUT2D eigenvalue weighted by molar-refractivity contribution is 0.0193. The Morgan fingerprint density at radius 2 is 1.72 bits per heavy atom. The highest BCUT2D eigenvalue weighted by atomic mass is 16.3. The lowest BCUT2D eigenvalue weighted by Crippen LogP contribution is -2.49. The number of aliphatic hydroxyl groups excluding tert-OH is 1. The van der Waals surface area contributed by atoms with E-state index in [0.29, 0.717) is 12.0 Å². The maximum Gasteiger partial charge on any atom is 0.0578 e. The van der Waals surface area contributed by atoms with E-state index in [9.17, 15) is 5.11 Å². The Kier molecular flexibility index (Phi) is 6.65. The molecule has 1 fully saturated rings. The molecule has 1 heterocycles. The highest BCUT2D eigenvalue weighted by Gasteiger charge is 2.31. The molecule has 1 N–H and O–H groups in total. The Morgan fingerprint density at radius 1 is 1.11 bits per heavy atom. The van der Waals surface area contributed by atoms with Crippen LogP contribution in [0.25, 0.3) is 0 Å². The summed E-state index contributed by atoms with van der Waals surface area (Å²) in [4.78, 5) is 2.69. The molecule has 1 saturated heterocycles. The van der Waals surface area contributed by atoms with Crippen LogP contribution in [0.1, 0.15) is 66.7 Å². The molecule has 18 heavy (non-hydrogen) atoms. The van der Waals surface area contributed by atoms with Gasteiger partial charge in [0, 0.05) is 18.6 Å². The minimum absolute atomic E-state index is 0.139. The zero-order valence-corrected chi connectivity index (χ0v) is 13.0. The Hall–Kier alpha value is -0.0800. The highest BCUT2D eigenvalue weighted by Crippen LogP contribution is 2.29. The zero-order chi connectivity index (χ0) is 13.7. The molecule has 0 amide bonds. The number of piperidine rings is 1. The molecule has 0 spiro atoms. The van der Waals surface area contributed by atoms with Crippen LogP contribution < -0.4 is 0 Å². The number of aliphatic hydroxyl groups is 1. The van der Waals surface area contributed by atoms with Gasteiger partial charge in [0.15, 0.2) is 0 Å². The molecule has 0 aliphatic carbocycles. The Labute approximate surface area is 114 Å². The first-order valence-electron chi connectivity index (χ1n) is 7.89. The normalized spacial score (nSPS) is 28.0. The van der Waals surface area contributed by atoms with Crippen molar-refractivity contribution in [3.05, 3.63) is 0 Å². The van der Waals surface area contributed by atoms with Crippen molar-refractivity contribution in [2.24, 2.45) is 11.8 Å². The van der Waals surface area contributed by atoms with E-state index < -0.39 is 0 Å². The van der Waals surface area contributed by atoms with Crippen molar-refractivity contribution in [3.63, 3.8) is 0 Å². The van der Waals surface area contributed by atoms with Gasteiger partial charge in [0.05, 0.1) is 6.10 Å². The molecule has 0 saturated carbocycles. The number of rotatable bonds is 6. The van der Waals surface area contributed by atoms with Gasteiger partial charge >= 0.3 is 0 Å². The predicted molar refractivity (Wildman–Crippen MR) is 78.7 cm³/mol. The lowest BCUT2D eigenvalue weighted by Gasteiger charge is -2.44. The third kappa shape index (κ3) is 4.55. The minimum Gasteiger partial charge on any atom is -0.393 e. The van der Waals surface area contributed by atoms with Crippen LogP contribution in [0, 0.1) is 11.8 Å². The van der Waals surface area contributed by atoms with Gasteiger partial charge in [-0.3, -0.25) is 4.90 Å². The molecule has 3 atom stereocenters. The Balaban J connectivity index is 2.65. The first-order chi connectivity index (χ1) is 8.45. The summed E-state index contributed by atoms with van der Waals surface area (Å²) in [5.41, 5.74) is 0. The fourth-order valence-corrected chi connectivity index (χ4v) is 3.18. The molecule has 0 aromatic heterocycles. The third-order valence-corrected chi connectivity index (χ3v) is 4.34. The summed E-state index contributed by atoms with van der Waals surface area (Å²) in [5.74, 6) is 1.10. The van der Waals surface area contributed by atoms with Gasteiger partial charge in [0.25, 0.3) is 0 Å². The van der Waals surface area contributed by atoms with E-state index in [2.05, 4.69) is 39.5 Å². The second kappa shape index (κ2) is 7.49. The van der Waals surface area contributed by atoms with Crippen molar-refractivity contribution in [1.29, 1.82) is 0 Å². The van der Waals surface area contributed by atoms with E-state index >= 15 is 0 Å². The molecule has 108 valence electrons. The summed E-state index contributed by atoms with van der Waals surface area (Å²) in [6.45, 7) is 12.3. The average Bonchev–Trinajstić information content (AvgIpc) is 2.30. The molecule has 1 rings (SSSR count). The van der Waals surface area contributed by atoms with Gasteiger partial charge in [0.2, 0.25) is 0 Å². The molecule has 0 bridgehead atoms. The second-order valence-electron chi connectivity index (χ2n) is 6.78. The summed E-state index contributed by atoms with van der Waals surface area (Å²) in [6.07, 6.45) is 6.02. The van der Waals surface area contributed by atoms with Crippen molar-refractivity contribution in [1.82, 2.24) is 4.90 Å². The van der Waals surface area contributed by atoms with Crippen molar-refractivity contribution in [2.75, 3.05) is 6.54 Å². The fourth-order valence-electron chi connectivity index (χ4n) is 3.18. The van der Waals surface area contributed by atoms with Gasteiger partial charge in [0.1, 0.15) is 0 Å². The first kappa shape index (κ1) is 16.0. The molecular formula is C16H33NO. The van der Waals surface area contributed by atoms with Crippen LogP contribution in [-0.2, 0) is 0 Å². The van der Waals surface area contributed by atoms with E-state index in [1.165, 1.54) is 32.2 Å². The van der Waals surface area contributed by atoms with Crippen LogP contribution in [0.2, 0.25) is 0 Å². The minimum atomic E-state index is -0.139. The van der Waals surface area contributed by atoms with Gasteiger partial charge in [-0.1, -0.05) is 41.0 Å². The molecule has 3 unspecified atom stereocenters. The molecule has 1 aliphatic heterocycles. The summed E-state index contributed by atoms with van der Waals surface area (Å²) in [7, 11) is 0. The van der Waals surface area contributed by atoms with Gasteiger partial charge in [-0.2, -0.15) is 0 Å². The zero-order valence-electron chi connectivity index (χ0n) is 13.0. The molecule has 0 aromatic rings. The monoisotopic (exact) mass is 255 g/mol. The maximum atomic E-state index is 10.2. The number of likely N-dealkylation sites (tertiary alicyclic amines) is 1. The summed E-state index contributed by atoms with van der Waals surface area (Å²) >= 11 is 0. The highest BCUT2D eigenvalue weighted by molar-refractivity contribution is 4.86. The molecule has 2 heteroatoms. The largest absolute Gasteiger partial charge is 0.393 e. The number of hydrogen-bond acceptors (Lipinski definition) is 2. The van der Waals surface area contributed by atoms with Crippen molar-refractivity contribution in [2.45, 2.75) is 84.9 Å². The summed E-state index contributed by atoms with van der Waals surface area (Å²) in [6, 6.07) is 1.34. The fraction of sp³-hybridized carbons (Fsp3) is 1.00. The van der Waals surface area contributed by atoms with Crippen molar-refractivity contribution < 1.29 is 5.11 Å². The van der Waals surface area contributed by atoms with Crippen LogP contribution in [0.5, 0.6) is 0 Å². The SMILES string of the molecule is CCC1CCCC(CC(O)C(C)C)N1CC(C)C. The van der Waals surface area contributed by atoms with E-state index in [4.69, 9.17) is 0 Å². The van der Waals surface area contributed by atoms with Crippen LogP contribution in [0.15, 0.2) is 0 Å². The van der Waals surface area contributed by atoms with E-state index in [1.54, 1.807) is 0 Å². The van der Waals surface area contributed by atoms with Gasteiger partial charge in [-0.05, 0) is 37.5 Å². The maximum absolute atomic E-state index is 10.2. The molecule has 1 aliphatic rings. The van der Waals surface area contributed by atoms with Crippen LogP contribution in [-0.4, -0.2) is 34.7 Å². The third-order valence-electron chi connectivity index (χ3n) is 4.34. The standard InChI is InChI=1S/C16H33NO/c1-6-14-8-7-9-15(10-16(18)13(4)5)17(14)11-12(2)3/h12-16,18H,6-11H2,1-5H3. The Morgan fingerprint density at radius 3 is 2.22 bits per heavy atom. The van der Waals surface area contributed by atoms with Gasteiger partial charge in [-0.25, -0.2) is 0 Å². The lowest BCUT2D eigenvalue weighted by atomic mass is 9.88. The van der Waals surface area contributed by atoms with E-state index in [-0.39, 0.29) is 6.10 Å². The summed E-state index contributed by atoms with van der Waals surface area (Å²) < 4.78 is 0. The predicted octanol–water partition coefficient (Wildman–Crippen LogP) is 3.68. The van der Waals surface area contributed by atoms with Crippen LogP contribution >= 0.6 is 0 Å². The quantitative estimate of drug-likeness (QED) is 0.782. The number of nitrogens with zero attached hydrogens (tertiary/aromatic N) is 1. The Bertz CT molecular complexity index is 227. The molecule has 0 radical (unpaired) electrons. The van der Waals surface area contributed by atoms with Crippen LogP contribution in [0.4, 0.5) is 0 Å². The van der Waals surface area contributed by atoms with Crippen molar-refractivity contribution in [3.8, 4) is 0 Å². The smallest absolute Gasteiger partial charge is 0.0578 e. The van der Waals surface area contributed by atoms with Crippen LogP contribution in [0.3, 0.4) is 0 Å².